The molecule has 7 nitrogen and oxygen atoms in total. The Morgan fingerprint density at radius 1 is 1.07 bits per heavy atom. The van der Waals surface area contributed by atoms with E-state index in [1.54, 1.807) is 6.20 Å². The topological polar surface area (TPSA) is 87.1 Å². The number of halogens is 3. The molecule has 2 aromatic heterocycles. The number of alkyl halides is 3. The molecule has 0 atom stereocenters. The maximum atomic E-state index is 12.6. The Bertz CT molecular complexity index is 720. The second kappa shape index (κ2) is 10.3. The second-order valence-corrected chi connectivity index (χ2v) is 5.45. The molecular weight excluding hydrogens is 359 g/mol. The first kappa shape index (κ1) is 20.4. The fourth-order valence-corrected chi connectivity index (χ4v) is 2.13. The minimum atomic E-state index is -4.49. The van der Waals surface area contributed by atoms with Crippen molar-refractivity contribution in [1.82, 2.24) is 25.6 Å². The fourth-order valence-electron chi connectivity index (χ4n) is 2.13. The van der Waals surface area contributed by atoms with Crippen molar-refractivity contribution in [2.45, 2.75) is 19.5 Å². The number of aromatic nitrogens is 3. The van der Waals surface area contributed by atoms with Crippen LogP contribution in [0.15, 0.2) is 41.7 Å². The number of hydrogen-bond acceptors (Lipinski definition) is 5. The molecule has 2 aromatic rings. The lowest BCUT2D eigenvalue weighted by atomic mass is 10.3. The van der Waals surface area contributed by atoms with Crippen LogP contribution >= 0.6 is 0 Å². The van der Waals surface area contributed by atoms with Gasteiger partial charge in [0.15, 0.2) is 5.96 Å². The SMILES string of the molecule is CCNC(=NCCc1ccccn1)NCCNc1nccc(C(F)(F)F)n1. The van der Waals surface area contributed by atoms with Gasteiger partial charge in [0.25, 0.3) is 0 Å². The van der Waals surface area contributed by atoms with Gasteiger partial charge >= 0.3 is 6.18 Å². The first-order chi connectivity index (χ1) is 13.0. The number of rotatable bonds is 8. The quantitative estimate of drug-likeness (QED) is 0.369. The van der Waals surface area contributed by atoms with Crippen LogP contribution < -0.4 is 16.0 Å². The largest absolute Gasteiger partial charge is 0.433 e. The Balaban J connectivity index is 1.78. The Kier molecular flexibility index (Phi) is 7.78. The van der Waals surface area contributed by atoms with Crippen molar-refractivity contribution in [1.29, 1.82) is 0 Å². The van der Waals surface area contributed by atoms with Gasteiger partial charge in [-0.05, 0) is 25.1 Å². The van der Waals surface area contributed by atoms with Gasteiger partial charge in [-0.2, -0.15) is 13.2 Å². The van der Waals surface area contributed by atoms with Crippen LogP contribution in [0.4, 0.5) is 19.1 Å². The molecule has 0 bridgehead atoms. The number of anilines is 1. The maximum Gasteiger partial charge on any atom is 0.433 e. The maximum absolute atomic E-state index is 12.6. The van der Waals surface area contributed by atoms with Gasteiger partial charge in [0.1, 0.15) is 5.69 Å². The normalized spacial score (nSPS) is 11.9. The first-order valence-corrected chi connectivity index (χ1v) is 8.55. The Morgan fingerprint density at radius 2 is 1.93 bits per heavy atom. The van der Waals surface area contributed by atoms with Crippen molar-refractivity contribution in [3.8, 4) is 0 Å². The Labute approximate surface area is 155 Å². The molecular formula is C17H22F3N7. The molecule has 0 unspecified atom stereocenters. The van der Waals surface area contributed by atoms with Crippen LogP contribution in [0.2, 0.25) is 0 Å². The van der Waals surface area contributed by atoms with Crippen LogP contribution in [0.1, 0.15) is 18.3 Å². The Hall–Kier alpha value is -2.91. The molecule has 0 aliphatic heterocycles. The Morgan fingerprint density at radius 3 is 2.63 bits per heavy atom. The third-order valence-electron chi connectivity index (χ3n) is 3.35. The number of pyridine rings is 1. The monoisotopic (exact) mass is 381 g/mol. The van der Waals surface area contributed by atoms with E-state index in [0.29, 0.717) is 38.6 Å². The van der Waals surface area contributed by atoms with Gasteiger partial charge in [0, 0.05) is 50.7 Å². The number of guanidine groups is 1. The summed E-state index contributed by atoms with van der Waals surface area (Å²) >= 11 is 0. The van der Waals surface area contributed by atoms with Crippen molar-refractivity contribution >= 4 is 11.9 Å². The molecule has 10 heteroatoms. The van der Waals surface area contributed by atoms with E-state index in [1.165, 1.54) is 0 Å². The zero-order valence-electron chi connectivity index (χ0n) is 14.9. The molecule has 146 valence electrons. The molecule has 0 aromatic carbocycles. The summed E-state index contributed by atoms with van der Waals surface area (Å²) < 4.78 is 37.9. The first-order valence-electron chi connectivity index (χ1n) is 8.55. The van der Waals surface area contributed by atoms with E-state index in [0.717, 1.165) is 18.0 Å². The van der Waals surface area contributed by atoms with Crippen LogP contribution in [-0.4, -0.2) is 47.1 Å². The van der Waals surface area contributed by atoms with E-state index < -0.39 is 11.9 Å². The lowest BCUT2D eigenvalue weighted by Gasteiger charge is -2.12. The van der Waals surface area contributed by atoms with E-state index in [-0.39, 0.29) is 5.95 Å². The summed E-state index contributed by atoms with van der Waals surface area (Å²) in [5, 5.41) is 8.97. The van der Waals surface area contributed by atoms with Crippen molar-refractivity contribution in [2.75, 3.05) is 31.5 Å². The van der Waals surface area contributed by atoms with Gasteiger partial charge in [0.2, 0.25) is 5.95 Å². The van der Waals surface area contributed by atoms with E-state index in [1.807, 2.05) is 25.1 Å². The van der Waals surface area contributed by atoms with E-state index in [4.69, 9.17) is 0 Å². The van der Waals surface area contributed by atoms with Crippen molar-refractivity contribution < 1.29 is 13.2 Å². The van der Waals surface area contributed by atoms with Gasteiger partial charge < -0.3 is 16.0 Å². The molecule has 0 amide bonds. The van der Waals surface area contributed by atoms with Crippen LogP contribution in [0.3, 0.4) is 0 Å². The third kappa shape index (κ3) is 7.47. The highest BCUT2D eigenvalue weighted by Crippen LogP contribution is 2.27. The lowest BCUT2D eigenvalue weighted by molar-refractivity contribution is -0.141. The van der Waals surface area contributed by atoms with Crippen molar-refractivity contribution in [3.05, 3.63) is 48.0 Å². The summed E-state index contributed by atoms with van der Waals surface area (Å²) in [6.45, 7) is 3.99. The number of aliphatic imine (C=N–C) groups is 1. The molecule has 3 N–H and O–H groups in total. The summed E-state index contributed by atoms with van der Waals surface area (Å²) in [6.07, 6.45) is -0.956. The molecule has 0 saturated heterocycles. The minimum Gasteiger partial charge on any atom is -0.357 e. The molecule has 27 heavy (non-hydrogen) atoms. The second-order valence-electron chi connectivity index (χ2n) is 5.45. The number of nitrogens with zero attached hydrogens (tertiary/aromatic N) is 4. The van der Waals surface area contributed by atoms with E-state index >= 15 is 0 Å². The van der Waals surface area contributed by atoms with E-state index in [9.17, 15) is 13.2 Å². The smallest absolute Gasteiger partial charge is 0.357 e. The van der Waals surface area contributed by atoms with Gasteiger partial charge in [-0.15, -0.1) is 0 Å². The zero-order valence-corrected chi connectivity index (χ0v) is 14.9. The molecule has 0 fully saturated rings. The summed E-state index contributed by atoms with van der Waals surface area (Å²) in [7, 11) is 0. The molecule has 2 heterocycles. The van der Waals surface area contributed by atoms with Crippen molar-refractivity contribution in [3.63, 3.8) is 0 Å². The van der Waals surface area contributed by atoms with Crippen LogP contribution in [0.5, 0.6) is 0 Å². The van der Waals surface area contributed by atoms with Gasteiger partial charge in [-0.3, -0.25) is 9.98 Å². The lowest BCUT2D eigenvalue weighted by Crippen LogP contribution is -2.39. The molecule has 0 saturated carbocycles. The minimum absolute atomic E-state index is 0.0660. The van der Waals surface area contributed by atoms with Crippen molar-refractivity contribution in [2.24, 2.45) is 4.99 Å². The third-order valence-corrected chi connectivity index (χ3v) is 3.35. The predicted molar refractivity (Wildman–Crippen MR) is 97.4 cm³/mol. The summed E-state index contributed by atoms with van der Waals surface area (Å²) in [6, 6.07) is 6.56. The predicted octanol–water partition coefficient (Wildman–Crippen LogP) is 2.10. The number of nitrogens with one attached hydrogen (secondary N) is 3. The van der Waals surface area contributed by atoms with Gasteiger partial charge in [-0.1, -0.05) is 6.07 Å². The highest BCUT2D eigenvalue weighted by atomic mass is 19.4. The van der Waals surface area contributed by atoms with Crippen LogP contribution in [0.25, 0.3) is 0 Å². The van der Waals surface area contributed by atoms with Gasteiger partial charge in [0.05, 0.1) is 0 Å². The highest BCUT2D eigenvalue weighted by Gasteiger charge is 2.32. The molecule has 0 spiro atoms. The molecule has 0 aliphatic rings. The number of hydrogen-bond donors (Lipinski definition) is 3. The zero-order chi connectivity index (χ0) is 19.5. The van der Waals surface area contributed by atoms with Gasteiger partial charge in [-0.25, -0.2) is 9.97 Å². The van der Waals surface area contributed by atoms with E-state index in [2.05, 4.69) is 35.9 Å². The summed E-state index contributed by atoms with van der Waals surface area (Å²) in [5.41, 5.74) is -0.0159. The summed E-state index contributed by atoms with van der Waals surface area (Å²) in [4.78, 5) is 15.9. The highest BCUT2D eigenvalue weighted by molar-refractivity contribution is 5.79. The molecule has 0 aliphatic carbocycles. The van der Waals surface area contributed by atoms with Crippen LogP contribution in [0, 0.1) is 0 Å². The van der Waals surface area contributed by atoms with Crippen LogP contribution in [-0.2, 0) is 12.6 Å². The fraction of sp³-hybridized carbons (Fsp3) is 0.412. The average molecular weight is 381 g/mol. The summed E-state index contributed by atoms with van der Waals surface area (Å²) in [5.74, 6) is 0.559. The average Bonchev–Trinajstić information content (AvgIpc) is 2.65. The molecule has 0 radical (unpaired) electrons. The standard InChI is InChI=1S/C17H22F3N7/c1-2-21-15(23-9-6-13-5-3-4-8-22-13)25-11-12-26-16-24-10-7-14(27-16)17(18,19)20/h3-5,7-8,10H,2,6,9,11-12H2,1H3,(H2,21,23,25)(H,24,26,27). The molecule has 2 rings (SSSR count).